The van der Waals surface area contributed by atoms with Crippen LogP contribution < -0.4 is 10.1 Å². The molecule has 0 unspecified atom stereocenters. The van der Waals surface area contributed by atoms with Gasteiger partial charge < -0.3 is 10.1 Å². The van der Waals surface area contributed by atoms with Gasteiger partial charge in [0, 0.05) is 6.07 Å². The lowest BCUT2D eigenvalue weighted by molar-refractivity contribution is 0.288. The Morgan fingerprint density at radius 2 is 2.26 bits per heavy atom. The molecule has 0 radical (unpaired) electrons. The highest BCUT2D eigenvalue weighted by Gasteiger charge is 2.22. The Labute approximate surface area is 119 Å². The van der Waals surface area contributed by atoms with Crippen molar-refractivity contribution in [2.45, 2.75) is 12.8 Å². The van der Waals surface area contributed by atoms with Crippen LogP contribution in [0.25, 0.3) is 0 Å². The van der Waals surface area contributed by atoms with Crippen LogP contribution in [0.1, 0.15) is 12.8 Å². The van der Waals surface area contributed by atoms with E-state index in [1.807, 2.05) is 0 Å². The fourth-order valence-electron chi connectivity index (χ4n) is 1.49. The highest BCUT2D eigenvalue weighted by Crippen LogP contribution is 2.30. The summed E-state index contributed by atoms with van der Waals surface area (Å²) in [6.45, 7) is 0.724. The summed E-state index contributed by atoms with van der Waals surface area (Å²) in [5.41, 5.74) is 0. The molecule has 100 valence electrons. The van der Waals surface area contributed by atoms with Crippen molar-refractivity contribution in [3.8, 4) is 5.88 Å². The zero-order valence-electron chi connectivity index (χ0n) is 9.86. The van der Waals surface area contributed by atoms with Crippen molar-refractivity contribution in [2.24, 2.45) is 5.92 Å². The molecule has 0 atom stereocenters. The SMILES string of the molecule is Clc1ncc(Cl)c(Nc2cc(OCC3CC3)[nH]n2)n1. The lowest BCUT2D eigenvalue weighted by Gasteiger charge is -2.03. The third-order valence-corrected chi connectivity index (χ3v) is 3.15. The third-order valence-electron chi connectivity index (χ3n) is 2.69. The van der Waals surface area contributed by atoms with Gasteiger partial charge in [0.1, 0.15) is 5.02 Å². The molecule has 0 aromatic carbocycles. The molecule has 0 bridgehead atoms. The third kappa shape index (κ3) is 3.27. The maximum absolute atomic E-state index is 5.95. The molecule has 2 heterocycles. The summed E-state index contributed by atoms with van der Waals surface area (Å²) in [6.07, 6.45) is 3.92. The number of H-pyrrole nitrogens is 1. The monoisotopic (exact) mass is 299 g/mol. The minimum Gasteiger partial charge on any atom is -0.478 e. The molecule has 2 aromatic rings. The van der Waals surface area contributed by atoms with Crippen LogP contribution in [0.15, 0.2) is 12.3 Å². The maximum atomic E-state index is 5.95. The first kappa shape index (κ1) is 12.5. The Kier molecular flexibility index (Phi) is 3.44. The number of halogens is 2. The second kappa shape index (κ2) is 5.22. The van der Waals surface area contributed by atoms with Crippen LogP contribution >= 0.6 is 23.2 Å². The summed E-state index contributed by atoms with van der Waals surface area (Å²) in [7, 11) is 0. The van der Waals surface area contributed by atoms with Gasteiger partial charge in [-0.25, -0.2) is 10.1 Å². The largest absolute Gasteiger partial charge is 0.478 e. The molecule has 8 heteroatoms. The normalized spacial score (nSPS) is 14.4. The van der Waals surface area contributed by atoms with Crippen LogP contribution in [-0.2, 0) is 0 Å². The number of hydrogen-bond donors (Lipinski definition) is 2. The van der Waals surface area contributed by atoms with Crippen LogP contribution in [0.5, 0.6) is 5.88 Å². The molecule has 2 aromatic heterocycles. The number of nitrogens with one attached hydrogen (secondary N) is 2. The van der Waals surface area contributed by atoms with Gasteiger partial charge >= 0.3 is 0 Å². The Morgan fingerprint density at radius 3 is 3.05 bits per heavy atom. The predicted octanol–water partition coefficient (Wildman–Crippen LogP) is 3.04. The van der Waals surface area contributed by atoms with E-state index in [0.717, 1.165) is 6.61 Å². The average molecular weight is 300 g/mol. The minimum absolute atomic E-state index is 0.118. The van der Waals surface area contributed by atoms with Gasteiger partial charge in [-0.2, -0.15) is 10.1 Å². The number of hydrogen-bond acceptors (Lipinski definition) is 5. The quantitative estimate of drug-likeness (QED) is 0.830. The van der Waals surface area contributed by atoms with Crippen LogP contribution in [-0.4, -0.2) is 26.8 Å². The van der Waals surface area contributed by atoms with Crippen LogP contribution in [0.2, 0.25) is 10.3 Å². The summed E-state index contributed by atoms with van der Waals surface area (Å²) < 4.78 is 5.55. The number of nitrogens with zero attached hydrogens (tertiary/aromatic N) is 3. The van der Waals surface area contributed by atoms with Crippen molar-refractivity contribution in [2.75, 3.05) is 11.9 Å². The second-order valence-corrected chi connectivity index (χ2v) is 5.08. The number of rotatable bonds is 5. The van der Waals surface area contributed by atoms with E-state index in [9.17, 15) is 0 Å². The van der Waals surface area contributed by atoms with Crippen molar-refractivity contribution in [1.82, 2.24) is 20.2 Å². The number of aromatic amines is 1. The van der Waals surface area contributed by atoms with Crippen molar-refractivity contribution in [3.05, 3.63) is 22.6 Å². The van der Waals surface area contributed by atoms with Crippen LogP contribution in [0.4, 0.5) is 11.6 Å². The Hall–Kier alpha value is -1.53. The molecule has 0 saturated heterocycles. The summed E-state index contributed by atoms with van der Waals surface area (Å²) in [5.74, 6) is 2.27. The fraction of sp³-hybridized carbons (Fsp3) is 0.364. The van der Waals surface area contributed by atoms with Gasteiger partial charge in [0.25, 0.3) is 0 Å². The van der Waals surface area contributed by atoms with E-state index in [4.69, 9.17) is 27.9 Å². The molecular formula is C11H11Cl2N5O. The Bertz CT molecular complexity index is 584. The number of ether oxygens (including phenoxy) is 1. The molecular weight excluding hydrogens is 289 g/mol. The zero-order chi connectivity index (χ0) is 13.2. The number of aromatic nitrogens is 4. The molecule has 1 aliphatic carbocycles. The van der Waals surface area contributed by atoms with Gasteiger partial charge in [0.15, 0.2) is 11.6 Å². The molecule has 0 amide bonds. The first-order valence-corrected chi connectivity index (χ1v) is 6.59. The number of anilines is 2. The zero-order valence-corrected chi connectivity index (χ0v) is 11.4. The van der Waals surface area contributed by atoms with E-state index in [-0.39, 0.29) is 5.28 Å². The Balaban J connectivity index is 1.66. The molecule has 0 aliphatic heterocycles. The fourth-order valence-corrected chi connectivity index (χ4v) is 1.76. The molecule has 1 aliphatic rings. The predicted molar refractivity (Wildman–Crippen MR) is 72.1 cm³/mol. The molecule has 3 rings (SSSR count). The topological polar surface area (TPSA) is 75.7 Å². The van der Waals surface area contributed by atoms with E-state index >= 15 is 0 Å². The second-order valence-electron chi connectivity index (χ2n) is 4.33. The molecule has 0 spiro atoms. The molecule has 6 nitrogen and oxygen atoms in total. The van der Waals surface area contributed by atoms with E-state index in [0.29, 0.717) is 28.5 Å². The van der Waals surface area contributed by atoms with E-state index < -0.39 is 0 Å². The summed E-state index contributed by atoms with van der Waals surface area (Å²) in [6, 6.07) is 1.74. The van der Waals surface area contributed by atoms with Crippen LogP contribution in [0, 0.1) is 5.92 Å². The van der Waals surface area contributed by atoms with E-state index in [2.05, 4.69) is 25.5 Å². The van der Waals surface area contributed by atoms with E-state index in [1.54, 1.807) is 6.07 Å². The van der Waals surface area contributed by atoms with Crippen LogP contribution in [0.3, 0.4) is 0 Å². The smallest absolute Gasteiger partial charge is 0.224 e. The van der Waals surface area contributed by atoms with Gasteiger partial charge in [0.05, 0.1) is 12.8 Å². The minimum atomic E-state index is 0.118. The summed E-state index contributed by atoms with van der Waals surface area (Å²) >= 11 is 11.7. The highest BCUT2D eigenvalue weighted by atomic mass is 35.5. The lowest BCUT2D eigenvalue weighted by atomic mass is 10.5. The standard InChI is InChI=1S/C11H11Cl2N5O/c12-7-4-14-11(13)16-10(7)15-8-3-9(18-17-8)19-5-6-1-2-6/h3-4,6H,1-2,5H2,(H2,14,15,16,17,18). The van der Waals surface area contributed by atoms with Crippen molar-refractivity contribution in [1.29, 1.82) is 0 Å². The Morgan fingerprint density at radius 1 is 1.42 bits per heavy atom. The molecule has 19 heavy (non-hydrogen) atoms. The summed E-state index contributed by atoms with van der Waals surface area (Å²) in [5, 5.41) is 10.3. The molecule has 1 saturated carbocycles. The lowest BCUT2D eigenvalue weighted by Crippen LogP contribution is -1.98. The van der Waals surface area contributed by atoms with Crippen molar-refractivity contribution < 1.29 is 4.74 Å². The first-order chi connectivity index (χ1) is 9.20. The van der Waals surface area contributed by atoms with Gasteiger partial charge in [0.2, 0.25) is 11.2 Å². The van der Waals surface area contributed by atoms with Crippen molar-refractivity contribution >= 4 is 34.8 Å². The average Bonchev–Trinajstić information content (AvgIpc) is 3.12. The van der Waals surface area contributed by atoms with Gasteiger partial charge in [-0.1, -0.05) is 11.6 Å². The van der Waals surface area contributed by atoms with Gasteiger partial charge in [-0.3, -0.25) is 0 Å². The molecule has 1 fully saturated rings. The molecule has 2 N–H and O–H groups in total. The summed E-state index contributed by atoms with van der Waals surface area (Å²) in [4.78, 5) is 7.75. The van der Waals surface area contributed by atoms with Gasteiger partial charge in [-0.05, 0) is 30.4 Å². The van der Waals surface area contributed by atoms with E-state index in [1.165, 1.54) is 19.0 Å². The first-order valence-electron chi connectivity index (χ1n) is 5.84. The maximum Gasteiger partial charge on any atom is 0.224 e. The highest BCUT2D eigenvalue weighted by molar-refractivity contribution is 6.33. The van der Waals surface area contributed by atoms with Crippen molar-refractivity contribution in [3.63, 3.8) is 0 Å². The van der Waals surface area contributed by atoms with Gasteiger partial charge in [-0.15, -0.1) is 0 Å².